The maximum absolute atomic E-state index is 12.5. The van der Waals surface area contributed by atoms with E-state index in [4.69, 9.17) is 9.47 Å². The summed E-state index contributed by atoms with van der Waals surface area (Å²) in [7, 11) is 3.50. The van der Waals surface area contributed by atoms with Crippen molar-refractivity contribution in [2.75, 3.05) is 7.11 Å². The topological polar surface area (TPSA) is 80.9 Å². The van der Waals surface area contributed by atoms with Gasteiger partial charge < -0.3 is 24.3 Å². The van der Waals surface area contributed by atoms with Crippen molar-refractivity contribution < 1.29 is 24.5 Å². The molecule has 0 spiro atoms. The van der Waals surface area contributed by atoms with E-state index in [1.807, 2.05) is 36.0 Å². The molecule has 6 nitrogen and oxygen atoms in total. The second-order valence-electron chi connectivity index (χ2n) is 5.83. The molecule has 0 fully saturated rings. The van der Waals surface area contributed by atoms with Crippen LogP contribution in [0.25, 0.3) is 17.0 Å². The number of aryl methyl sites for hydroxylation is 1. The molecular formula is C19H15NO5. The Kier molecular flexibility index (Phi) is 3.21. The number of ketones is 1. The first-order valence-corrected chi connectivity index (χ1v) is 7.62. The van der Waals surface area contributed by atoms with Crippen LogP contribution in [0.2, 0.25) is 0 Å². The molecule has 0 saturated heterocycles. The molecule has 0 atom stereocenters. The first kappa shape index (κ1) is 15.1. The van der Waals surface area contributed by atoms with Gasteiger partial charge in [0.25, 0.3) is 0 Å². The minimum Gasteiger partial charge on any atom is -0.508 e. The minimum atomic E-state index is -0.424. The molecule has 0 bridgehead atoms. The SMILES string of the molecule is COc1cccc2c(C=C3Oc4cc(O)cc(O)c4C3=O)cn(C)c12. The first-order valence-electron chi connectivity index (χ1n) is 7.62. The number of benzene rings is 2. The molecule has 2 heterocycles. The average Bonchev–Trinajstić information content (AvgIpc) is 3.05. The summed E-state index contributed by atoms with van der Waals surface area (Å²) in [6.07, 6.45) is 3.50. The van der Waals surface area contributed by atoms with Gasteiger partial charge in [0.2, 0.25) is 5.78 Å². The van der Waals surface area contributed by atoms with Gasteiger partial charge in [-0.3, -0.25) is 4.79 Å². The van der Waals surface area contributed by atoms with Gasteiger partial charge in [0.15, 0.2) is 5.76 Å². The molecule has 2 N–H and O–H groups in total. The monoisotopic (exact) mass is 337 g/mol. The van der Waals surface area contributed by atoms with Crippen molar-refractivity contribution in [3.63, 3.8) is 0 Å². The fourth-order valence-electron chi connectivity index (χ4n) is 3.16. The molecule has 0 aliphatic carbocycles. The van der Waals surface area contributed by atoms with Crippen LogP contribution in [0.15, 0.2) is 42.3 Å². The van der Waals surface area contributed by atoms with Crippen LogP contribution in [0.1, 0.15) is 15.9 Å². The lowest BCUT2D eigenvalue weighted by molar-refractivity contribution is 0.101. The molecule has 0 radical (unpaired) electrons. The van der Waals surface area contributed by atoms with Gasteiger partial charge in [0.05, 0.1) is 12.6 Å². The van der Waals surface area contributed by atoms with E-state index in [1.165, 1.54) is 6.07 Å². The van der Waals surface area contributed by atoms with Crippen molar-refractivity contribution in [1.29, 1.82) is 0 Å². The molecule has 1 aliphatic heterocycles. The van der Waals surface area contributed by atoms with Crippen LogP contribution < -0.4 is 9.47 Å². The molecule has 25 heavy (non-hydrogen) atoms. The quantitative estimate of drug-likeness (QED) is 0.702. The number of hydrogen-bond donors (Lipinski definition) is 2. The fourth-order valence-corrected chi connectivity index (χ4v) is 3.16. The lowest BCUT2D eigenvalue weighted by Gasteiger charge is -2.03. The highest BCUT2D eigenvalue weighted by molar-refractivity contribution is 6.16. The van der Waals surface area contributed by atoms with Crippen molar-refractivity contribution in [2.24, 2.45) is 7.05 Å². The Hall–Kier alpha value is -3.41. The Morgan fingerprint density at radius 2 is 2.04 bits per heavy atom. The lowest BCUT2D eigenvalue weighted by Crippen LogP contribution is -1.98. The number of allylic oxidation sites excluding steroid dienone is 1. The summed E-state index contributed by atoms with van der Waals surface area (Å²) < 4.78 is 12.9. The van der Waals surface area contributed by atoms with Crippen LogP contribution in [0, 0.1) is 0 Å². The number of phenols is 2. The third-order valence-corrected chi connectivity index (χ3v) is 4.24. The van der Waals surface area contributed by atoms with E-state index in [0.29, 0.717) is 0 Å². The van der Waals surface area contributed by atoms with Gasteiger partial charge in [-0.05, 0) is 12.1 Å². The van der Waals surface area contributed by atoms with Crippen LogP contribution in [0.3, 0.4) is 0 Å². The number of hydrogen-bond acceptors (Lipinski definition) is 5. The summed E-state index contributed by atoms with van der Waals surface area (Å²) in [5, 5.41) is 20.4. The van der Waals surface area contributed by atoms with Gasteiger partial charge in [-0.15, -0.1) is 0 Å². The van der Waals surface area contributed by atoms with Crippen molar-refractivity contribution in [3.8, 4) is 23.0 Å². The van der Waals surface area contributed by atoms with Crippen molar-refractivity contribution in [3.05, 3.63) is 53.4 Å². The van der Waals surface area contributed by atoms with E-state index in [1.54, 1.807) is 13.2 Å². The second kappa shape index (κ2) is 5.31. The number of phenolic OH excluding ortho intramolecular Hbond substituents is 2. The Morgan fingerprint density at radius 3 is 2.80 bits per heavy atom. The number of ether oxygens (including phenoxy) is 2. The van der Waals surface area contributed by atoms with Crippen LogP contribution in [-0.2, 0) is 7.05 Å². The third-order valence-electron chi connectivity index (χ3n) is 4.24. The van der Waals surface area contributed by atoms with Gasteiger partial charge in [-0.2, -0.15) is 0 Å². The third kappa shape index (κ3) is 2.22. The van der Waals surface area contributed by atoms with Crippen LogP contribution in [-0.4, -0.2) is 27.7 Å². The van der Waals surface area contributed by atoms with Crippen LogP contribution >= 0.6 is 0 Å². The Labute approximate surface area is 143 Å². The van der Waals surface area contributed by atoms with E-state index in [2.05, 4.69) is 0 Å². The highest BCUT2D eigenvalue weighted by Crippen LogP contribution is 2.41. The molecule has 1 aromatic heterocycles. The number of rotatable bonds is 2. The zero-order valence-electron chi connectivity index (χ0n) is 13.6. The van der Waals surface area contributed by atoms with E-state index in [0.717, 1.165) is 28.3 Å². The number of aromatic hydroxyl groups is 2. The lowest BCUT2D eigenvalue weighted by atomic mass is 10.1. The van der Waals surface area contributed by atoms with Crippen molar-refractivity contribution in [1.82, 2.24) is 4.57 Å². The molecule has 2 aromatic carbocycles. The molecule has 6 heteroatoms. The van der Waals surface area contributed by atoms with Gasteiger partial charge in [-0.1, -0.05) is 12.1 Å². The number of methoxy groups -OCH3 is 1. The summed E-state index contributed by atoms with van der Waals surface area (Å²) in [6.45, 7) is 0. The zero-order chi connectivity index (χ0) is 17.7. The van der Waals surface area contributed by atoms with E-state index >= 15 is 0 Å². The molecule has 4 rings (SSSR count). The van der Waals surface area contributed by atoms with Gasteiger partial charge in [0.1, 0.15) is 28.6 Å². The zero-order valence-corrected chi connectivity index (χ0v) is 13.6. The summed E-state index contributed by atoms with van der Waals surface area (Å²) in [4.78, 5) is 12.5. The summed E-state index contributed by atoms with van der Waals surface area (Å²) in [5.74, 6) is 0.0718. The largest absolute Gasteiger partial charge is 0.508 e. The van der Waals surface area contributed by atoms with Crippen LogP contribution in [0.5, 0.6) is 23.0 Å². The number of aromatic nitrogens is 1. The molecule has 3 aromatic rings. The number of para-hydroxylation sites is 1. The first-order chi connectivity index (χ1) is 12.0. The smallest absolute Gasteiger partial charge is 0.235 e. The molecule has 0 unspecified atom stereocenters. The minimum absolute atomic E-state index is 0.0573. The normalized spacial score (nSPS) is 14.8. The standard InChI is InChI=1S/C19H15NO5/c1-20-9-10(12-4-3-5-14(24-2)18(12)20)6-16-19(23)17-13(22)7-11(21)8-15(17)25-16/h3-9,21-22H,1-2H3. The predicted molar refractivity (Wildman–Crippen MR) is 92.2 cm³/mol. The fraction of sp³-hybridized carbons (Fsp3) is 0.105. The Morgan fingerprint density at radius 1 is 1.24 bits per heavy atom. The predicted octanol–water partition coefficient (Wildman–Crippen LogP) is 3.21. The van der Waals surface area contributed by atoms with Crippen LogP contribution in [0.4, 0.5) is 0 Å². The summed E-state index contributed by atoms with van der Waals surface area (Å²) in [5.41, 5.74) is 1.75. The molecule has 0 amide bonds. The molecule has 0 saturated carbocycles. The van der Waals surface area contributed by atoms with Gasteiger partial charge in [0, 0.05) is 36.3 Å². The van der Waals surface area contributed by atoms with Crippen molar-refractivity contribution >= 4 is 22.8 Å². The number of carbonyl (C=O) groups is 1. The van der Waals surface area contributed by atoms with Gasteiger partial charge >= 0.3 is 0 Å². The number of Topliss-reactive ketones (excluding diaryl/α,β-unsaturated/α-hetero) is 1. The maximum Gasteiger partial charge on any atom is 0.235 e. The van der Waals surface area contributed by atoms with E-state index in [-0.39, 0.29) is 28.6 Å². The number of carbonyl (C=O) groups excluding carboxylic acids is 1. The van der Waals surface area contributed by atoms with Crippen molar-refractivity contribution in [2.45, 2.75) is 0 Å². The van der Waals surface area contributed by atoms with E-state index < -0.39 is 5.78 Å². The number of fused-ring (bicyclic) bond motifs is 2. The summed E-state index contributed by atoms with van der Waals surface area (Å²) in [6, 6.07) is 8.10. The maximum atomic E-state index is 12.5. The number of nitrogens with zero attached hydrogens (tertiary/aromatic N) is 1. The molecule has 126 valence electrons. The highest BCUT2D eigenvalue weighted by atomic mass is 16.5. The van der Waals surface area contributed by atoms with E-state index in [9.17, 15) is 15.0 Å². The summed E-state index contributed by atoms with van der Waals surface area (Å²) >= 11 is 0. The Bertz CT molecular complexity index is 1060. The molecular weight excluding hydrogens is 322 g/mol. The highest BCUT2D eigenvalue weighted by Gasteiger charge is 2.31. The molecule has 1 aliphatic rings. The average molecular weight is 337 g/mol. The van der Waals surface area contributed by atoms with Gasteiger partial charge in [-0.25, -0.2) is 0 Å². The second-order valence-corrected chi connectivity index (χ2v) is 5.83. The Balaban J connectivity index is 1.85.